The molecular weight excluding hydrogens is 324 g/mol. The SMILES string of the molecule is COC(=O)C1(C)CC(c2cccc([N+](=O)[O-])c2)N(c2ccccc2)O1. The summed E-state index contributed by atoms with van der Waals surface area (Å²) >= 11 is 0. The van der Waals surface area contributed by atoms with Crippen molar-refractivity contribution in [2.45, 2.75) is 25.0 Å². The standard InChI is InChI=1S/C18H18N2O5/c1-18(17(21)24-2)12-16(13-7-6-10-15(11-13)20(22)23)19(25-18)14-8-4-3-5-9-14/h3-11,16H,12H2,1-2H3. The first-order chi connectivity index (χ1) is 11.9. The van der Waals surface area contributed by atoms with Gasteiger partial charge < -0.3 is 4.74 Å². The number of nitrogens with zero attached hydrogens (tertiary/aromatic N) is 2. The van der Waals surface area contributed by atoms with Gasteiger partial charge >= 0.3 is 5.97 Å². The number of nitro benzene ring substituents is 1. The van der Waals surface area contributed by atoms with Gasteiger partial charge in [0.05, 0.1) is 23.8 Å². The van der Waals surface area contributed by atoms with Crippen LogP contribution in [0.2, 0.25) is 0 Å². The van der Waals surface area contributed by atoms with E-state index in [1.54, 1.807) is 24.1 Å². The Morgan fingerprint density at radius 2 is 2.00 bits per heavy atom. The van der Waals surface area contributed by atoms with E-state index in [4.69, 9.17) is 9.57 Å². The van der Waals surface area contributed by atoms with Crippen LogP contribution < -0.4 is 5.06 Å². The summed E-state index contributed by atoms with van der Waals surface area (Å²) in [5.41, 5.74) is 0.286. The van der Waals surface area contributed by atoms with Crippen molar-refractivity contribution in [3.8, 4) is 0 Å². The number of nitro groups is 1. The van der Waals surface area contributed by atoms with E-state index in [9.17, 15) is 14.9 Å². The third-order valence-electron chi connectivity index (χ3n) is 4.26. The third-order valence-corrected chi connectivity index (χ3v) is 4.26. The monoisotopic (exact) mass is 342 g/mol. The Labute approximate surface area is 144 Å². The first kappa shape index (κ1) is 16.9. The van der Waals surface area contributed by atoms with Crippen LogP contribution in [0.4, 0.5) is 11.4 Å². The molecule has 1 fully saturated rings. The van der Waals surface area contributed by atoms with Gasteiger partial charge in [-0.1, -0.05) is 30.3 Å². The first-order valence-corrected chi connectivity index (χ1v) is 7.81. The van der Waals surface area contributed by atoms with Gasteiger partial charge in [-0.25, -0.2) is 9.86 Å². The number of benzene rings is 2. The highest BCUT2D eigenvalue weighted by Gasteiger charge is 2.49. The summed E-state index contributed by atoms with van der Waals surface area (Å²) in [6.07, 6.45) is 0.315. The van der Waals surface area contributed by atoms with Crippen molar-refractivity contribution in [1.29, 1.82) is 0 Å². The van der Waals surface area contributed by atoms with Gasteiger partial charge in [0.25, 0.3) is 5.69 Å². The first-order valence-electron chi connectivity index (χ1n) is 7.81. The smallest absolute Gasteiger partial charge is 0.340 e. The number of ether oxygens (including phenoxy) is 1. The number of non-ortho nitro benzene ring substituents is 1. The van der Waals surface area contributed by atoms with Gasteiger partial charge in [-0.15, -0.1) is 0 Å². The Bertz CT molecular complexity index is 795. The molecule has 25 heavy (non-hydrogen) atoms. The molecule has 1 aliphatic rings. The summed E-state index contributed by atoms with van der Waals surface area (Å²) in [5, 5.41) is 12.7. The lowest BCUT2D eigenvalue weighted by Crippen LogP contribution is -2.37. The molecule has 0 saturated carbocycles. The van der Waals surface area contributed by atoms with Crippen LogP contribution in [0.5, 0.6) is 0 Å². The zero-order valence-corrected chi connectivity index (χ0v) is 13.9. The molecule has 2 atom stereocenters. The summed E-state index contributed by atoms with van der Waals surface area (Å²) < 4.78 is 4.87. The Hall–Kier alpha value is -2.93. The van der Waals surface area contributed by atoms with Crippen molar-refractivity contribution in [1.82, 2.24) is 0 Å². The van der Waals surface area contributed by atoms with Gasteiger partial charge in [0.15, 0.2) is 5.60 Å². The minimum atomic E-state index is -1.17. The number of anilines is 1. The topological polar surface area (TPSA) is 81.9 Å². The predicted molar refractivity (Wildman–Crippen MR) is 90.9 cm³/mol. The highest BCUT2D eigenvalue weighted by Crippen LogP contribution is 2.44. The maximum Gasteiger partial charge on any atom is 0.340 e. The lowest BCUT2D eigenvalue weighted by atomic mass is 9.93. The maximum absolute atomic E-state index is 12.2. The number of methoxy groups -OCH3 is 1. The quantitative estimate of drug-likeness (QED) is 0.481. The second-order valence-electron chi connectivity index (χ2n) is 6.05. The fourth-order valence-electron chi connectivity index (χ4n) is 3.01. The predicted octanol–water partition coefficient (Wildman–Crippen LogP) is 3.41. The number of para-hydroxylation sites is 1. The molecule has 7 nitrogen and oxygen atoms in total. The summed E-state index contributed by atoms with van der Waals surface area (Å²) in [6, 6.07) is 15.3. The molecule has 0 aromatic heterocycles. The largest absolute Gasteiger partial charge is 0.467 e. The molecule has 0 bridgehead atoms. The average molecular weight is 342 g/mol. The molecule has 0 radical (unpaired) electrons. The van der Waals surface area contributed by atoms with E-state index < -0.39 is 16.5 Å². The number of hydroxylamine groups is 1. The van der Waals surface area contributed by atoms with E-state index in [1.807, 2.05) is 30.3 Å². The number of rotatable bonds is 4. The van der Waals surface area contributed by atoms with Gasteiger partial charge in [-0.3, -0.25) is 15.0 Å². The van der Waals surface area contributed by atoms with Crippen molar-refractivity contribution in [3.63, 3.8) is 0 Å². The lowest BCUT2D eigenvalue weighted by Gasteiger charge is -2.26. The molecule has 0 N–H and O–H groups in total. The average Bonchev–Trinajstić information content (AvgIpc) is 3.01. The van der Waals surface area contributed by atoms with Crippen LogP contribution in [0, 0.1) is 10.1 Å². The molecule has 1 aliphatic heterocycles. The number of esters is 1. The van der Waals surface area contributed by atoms with Gasteiger partial charge in [-0.2, -0.15) is 0 Å². The number of hydrogen-bond donors (Lipinski definition) is 0. The fourth-order valence-corrected chi connectivity index (χ4v) is 3.01. The van der Waals surface area contributed by atoms with Crippen molar-refractivity contribution in [2.75, 3.05) is 12.2 Å². The molecule has 7 heteroatoms. The van der Waals surface area contributed by atoms with Crippen LogP contribution >= 0.6 is 0 Å². The van der Waals surface area contributed by atoms with E-state index in [-0.39, 0.29) is 11.7 Å². The van der Waals surface area contributed by atoms with Crippen LogP contribution in [0.3, 0.4) is 0 Å². The van der Waals surface area contributed by atoms with Gasteiger partial charge in [0, 0.05) is 18.6 Å². The second kappa shape index (κ2) is 6.52. The minimum Gasteiger partial charge on any atom is -0.467 e. The van der Waals surface area contributed by atoms with E-state index in [1.165, 1.54) is 19.2 Å². The molecule has 0 spiro atoms. The molecule has 2 aromatic rings. The molecule has 2 aromatic carbocycles. The molecular formula is C18H18N2O5. The molecule has 0 aliphatic carbocycles. The highest BCUT2D eigenvalue weighted by molar-refractivity contribution is 5.80. The second-order valence-corrected chi connectivity index (χ2v) is 6.05. The van der Waals surface area contributed by atoms with Crippen molar-refractivity contribution >= 4 is 17.3 Å². The Morgan fingerprint density at radius 3 is 2.64 bits per heavy atom. The van der Waals surface area contributed by atoms with Crippen LogP contribution in [-0.4, -0.2) is 23.6 Å². The van der Waals surface area contributed by atoms with E-state index in [0.29, 0.717) is 12.0 Å². The van der Waals surface area contributed by atoms with E-state index in [0.717, 1.165) is 5.69 Å². The summed E-state index contributed by atoms with van der Waals surface area (Å²) in [5.74, 6) is -0.485. The molecule has 130 valence electrons. The van der Waals surface area contributed by atoms with Crippen LogP contribution in [0.15, 0.2) is 54.6 Å². The van der Waals surface area contributed by atoms with Gasteiger partial charge in [0.2, 0.25) is 0 Å². The van der Waals surface area contributed by atoms with Crippen molar-refractivity contribution < 1.29 is 19.3 Å². The minimum absolute atomic E-state index is 0.00261. The molecule has 2 unspecified atom stereocenters. The normalized spacial score (nSPS) is 22.6. The molecule has 1 saturated heterocycles. The molecule has 1 heterocycles. The third kappa shape index (κ3) is 3.18. The highest BCUT2D eigenvalue weighted by atomic mass is 16.7. The van der Waals surface area contributed by atoms with Gasteiger partial charge in [-0.05, 0) is 24.6 Å². The number of hydrogen-bond acceptors (Lipinski definition) is 6. The molecule has 3 rings (SSSR count). The number of carbonyl (C=O) groups excluding carboxylic acids is 1. The maximum atomic E-state index is 12.2. The zero-order valence-electron chi connectivity index (χ0n) is 13.9. The zero-order chi connectivity index (χ0) is 18.0. The summed E-state index contributed by atoms with van der Waals surface area (Å²) in [6.45, 7) is 1.66. The Morgan fingerprint density at radius 1 is 1.28 bits per heavy atom. The fraction of sp³-hybridized carbons (Fsp3) is 0.278. The summed E-state index contributed by atoms with van der Waals surface area (Å²) in [7, 11) is 1.31. The van der Waals surface area contributed by atoms with E-state index >= 15 is 0 Å². The number of carbonyl (C=O) groups is 1. The van der Waals surface area contributed by atoms with Crippen LogP contribution in [-0.2, 0) is 14.4 Å². The Kier molecular flexibility index (Phi) is 4.41. The van der Waals surface area contributed by atoms with Gasteiger partial charge in [0.1, 0.15) is 0 Å². The van der Waals surface area contributed by atoms with Crippen LogP contribution in [0.1, 0.15) is 24.9 Å². The van der Waals surface area contributed by atoms with Crippen LogP contribution in [0.25, 0.3) is 0 Å². The van der Waals surface area contributed by atoms with E-state index in [2.05, 4.69) is 0 Å². The molecule has 0 amide bonds. The lowest BCUT2D eigenvalue weighted by molar-refractivity contribution is -0.384. The van der Waals surface area contributed by atoms with Crippen molar-refractivity contribution in [3.05, 3.63) is 70.3 Å². The summed E-state index contributed by atoms with van der Waals surface area (Å²) in [4.78, 5) is 28.8. The van der Waals surface area contributed by atoms with Crippen molar-refractivity contribution in [2.24, 2.45) is 0 Å². The Balaban J connectivity index is 2.03.